The van der Waals surface area contributed by atoms with Crippen molar-refractivity contribution in [3.05, 3.63) is 69.0 Å². The minimum atomic E-state index is -1.75. The molecule has 3 rings (SSSR count). The summed E-state index contributed by atoms with van der Waals surface area (Å²) in [6.07, 6.45) is -3.33. The van der Waals surface area contributed by atoms with Crippen LogP contribution in [0.15, 0.2) is 52.2 Å². The highest BCUT2D eigenvalue weighted by Gasteiger charge is 2.48. The summed E-state index contributed by atoms with van der Waals surface area (Å²) >= 11 is 0. The highest BCUT2D eigenvalue weighted by Crippen LogP contribution is 2.34. The van der Waals surface area contributed by atoms with Crippen LogP contribution in [0.3, 0.4) is 0 Å². The largest absolute Gasteiger partial charge is 0.453 e. The summed E-state index contributed by atoms with van der Waals surface area (Å²) in [5, 5.41) is 0. The normalized spacial score (nSPS) is 25.7. The van der Waals surface area contributed by atoms with E-state index in [1.165, 1.54) is 0 Å². The first-order valence-corrected chi connectivity index (χ1v) is 7.88. The number of carbonyl (C=O) groups is 1. The van der Waals surface area contributed by atoms with Crippen LogP contribution < -0.4 is 11.2 Å². The molecule has 1 aliphatic rings. The molecule has 8 heteroatoms. The number of aromatic amines is 1. The Kier molecular flexibility index (Phi) is 4.80. The topological polar surface area (TPSA) is 90.4 Å². The first-order chi connectivity index (χ1) is 12.0. The molecule has 1 saturated heterocycles. The van der Waals surface area contributed by atoms with Gasteiger partial charge in [0.05, 0.1) is 5.56 Å². The van der Waals surface area contributed by atoms with Crippen LogP contribution >= 0.6 is 0 Å². The second-order valence-electron chi connectivity index (χ2n) is 5.67. The van der Waals surface area contributed by atoms with E-state index in [2.05, 4.69) is 0 Å². The van der Waals surface area contributed by atoms with Gasteiger partial charge in [-0.05, 0) is 18.6 Å². The first-order valence-electron chi connectivity index (χ1n) is 7.88. The number of hydrogen-bond donors (Lipinski definition) is 1. The molecular weight excluding hydrogens is 331 g/mol. The summed E-state index contributed by atoms with van der Waals surface area (Å²) in [5.74, 6) is -0.662. The molecule has 2 heterocycles. The zero-order valence-corrected chi connectivity index (χ0v) is 13.4. The van der Waals surface area contributed by atoms with E-state index in [0.29, 0.717) is 12.0 Å². The van der Waals surface area contributed by atoms with E-state index in [1.807, 2.05) is 4.98 Å². The summed E-state index contributed by atoms with van der Waals surface area (Å²) in [7, 11) is 0. The molecule has 0 bridgehead atoms. The Morgan fingerprint density at radius 3 is 2.64 bits per heavy atom. The molecule has 132 valence electrons. The van der Waals surface area contributed by atoms with Crippen LogP contribution in [0.4, 0.5) is 4.39 Å². The van der Waals surface area contributed by atoms with Crippen molar-refractivity contribution in [2.45, 2.75) is 38.0 Å². The summed E-state index contributed by atoms with van der Waals surface area (Å²) < 4.78 is 26.7. The number of rotatable bonds is 4. The van der Waals surface area contributed by atoms with Crippen molar-refractivity contribution >= 4 is 5.97 Å². The van der Waals surface area contributed by atoms with Crippen molar-refractivity contribution in [1.82, 2.24) is 9.55 Å². The standard InChI is InChI=1S/C17H17FN2O5/c1-2-11-14(25-16(22)10-6-4-3-5-7-10)13(18)15(24-11)20-9-8-12(21)19-17(20)23/h3-9,11,13-15H,2H2,1H3,(H,19,21,23)/t11-,13-,14-,15-/m1/s1. The number of nitrogens with one attached hydrogen (secondary N) is 1. The predicted molar refractivity (Wildman–Crippen MR) is 86.1 cm³/mol. The fraction of sp³-hybridized carbons (Fsp3) is 0.353. The van der Waals surface area contributed by atoms with E-state index < -0.39 is 41.8 Å². The van der Waals surface area contributed by atoms with Gasteiger partial charge in [0.2, 0.25) is 0 Å². The number of nitrogens with zero attached hydrogens (tertiary/aromatic N) is 1. The Hall–Kier alpha value is -2.74. The number of aromatic nitrogens is 2. The monoisotopic (exact) mass is 348 g/mol. The average Bonchev–Trinajstić information content (AvgIpc) is 2.92. The molecule has 0 aliphatic carbocycles. The zero-order valence-electron chi connectivity index (χ0n) is 13.4. The lowest BCUT2D eigenvalue weighted by atomic mass is 10.1. The number of alkyl halides is 1. The van der Waals surface area contributed by atoms with Gasteiger partial charge in [-0.1, -0.05) is 25.1 Å². The zero-order chi connectivity index (χ0) is 18.0. The third kappa shape index (κ3) is 3.39. The molecule has 1 fully saturated rings. The Labute approximate surface area is 142 Å². The van der Waals surface area contributed by atoms with Crippen LogP contribution in [0.25, 0.3) is 0 Å². The Bertz CT molecular complexity index is 863. The molecule has 1 aromatic carbocycles. The Morgan fingerprint density at radius 1 is 1.28 bits per heavy atom. The molecule has 2 aromatic rings. The van der Waals surface area contributed by atoms with Crippen molar-refractivity contribution in [3.63, 3.8) is 0 Å². The Morgan fingerprint density at radius 2 is 2.00 bits per heavy atom. The van der Waals surface area contributed by atoms with Crippen LogP contribution in [0.2, 0.25) is 0 Å². The summed E-state index contributed by atoms with van der Waals surface area (Å²) in [5.41, 5.74) is -1.08. The van der Waals surface area contributed by atoms with Crippen LogP contribution in [-0.2, 0) is 9.47 Å². The minimum Gasteiger partial charge on any atom is -0.453 e. The van der Waals surface area contributed by atoms with Gasteiger partial charge in [0.25, 0.3) is 5.56 Å². The van der Waals surface area contributed by atoms with Gasteiger partial charge in [-0.3, -0.25) is 14.3 Å². The summed E-state index contributed by atoms with van der Waals surface area (Å²) in [4.78, 5) is 37.3. The number of H-pyrrole nitrogens is 1. The maximum absolute atomic E-state index is 14.9. The van der Waals surface area contributed by atoms with E-state index >= 15 is 0 Å². The average molecular weight is 348 g/mol. The first kappa shape index (κ1) is 17.1. The second-order valence-corrected chi connectivity index (χ2v) is 5.67. The van der Waals surface area contributed by atoms with E-state index in [9.17, 15) is 18.8 Å². The molecule has 0 radical (unpaired) electrons. The molecule has 0 amide bonds. The fourth-order valence-electron chi connectivity index (χ4n) is 2.78. The van der Waals surface area contributed by atoms with Crippen LogP contribution in [0.5, 0.6) is 0 Å². The predicted octanol–water partition coefficient (Wildman–Crippen LogP) is 1.41. The van der Waals surface area contributed by atoms with Gasteiger partial charge in [0.15, 0.2) is 18.5 Å². The summed E-state index contributed by atoms with van der Waals surface area (Å²) in [6, 6.07) is 9.33. The van der Waals surface area contributed by atoms with Crippen molar-refractivity contribution < 1.29 is 18.7 Å². The quantitative estimate of drug-likeness (QED) is 0.844. The van der Waals surface area contributed by atoms with Gasteiger partial charge in [-0.25, -0.2) is 14.0 Å². The van der Waals surface area contributed by atoms with Gasteiger partial charge in [-0.2, -0.15) is 0 Å². The van der Waals surface area contributed by atoms with Crippen LogP contribution in [-0.4, -0.2) is 33.9 Å². The number of halogens is 1. The van der Waals surface area contributed by atoms with Crippen molar-refractivity contribution in [3.8, 4) is 0 Å². The molecular formula is C17H17FN2O5. The maximum atomic E-state index is 14.9. The van der Waals surface area contributed by atoms with Gasteiger partial charge in [-0.15, -0.1) is 0 Å². The molecule has 0 spiro atoms. The Balaban J connectivity index is 1.84. The van der Waals surface area contributed by atoms with E-state index in [4.69, 9.17) is 9.47 Å². The van der Waals surface area contributed by atoms with Crippen LogP contribution in [0.1, 0.15) is 29.9 Å². The fourth-order valence-corrected chi connectivity index (χ4v) is 2.78. The van der Waals surface area contributed by atoms with Gasteiger partial charge < -0.3 is 9.47 Å². The second kappa shape index (κ2) is 7.02. The van der Waals surface area contributed by atoms with Gasteiger partial charge in [0.1, 0.15) is 6.10 Å². The minimum absolute atomic E-state index is 0.300. The third-order valence-electron chi connectivity index (χ3n) is 4.05. The SMILES string of the molecule is CC[C@H]1O[C@@H](n2ccc(=O)[nH]c2=O)[C@H](F)[C@@H]1OC(=O)c1ccccc1. The number of carbonyl (C=O) groups excluding carboxylic acids is 1. The number of esters is 1. The molecule has 1 aliphatic heterocycles. The summed E-state index contributed by atoms with van der Waals surface area (Å²) in [6.45, 7) is 1.76. The molecule has 1 aromatic heterocycles. The number of ether oxygens (including phenoxy) is 2. The third-order valence-corrected chi connectivity index (χ3v) is 4.05. The molecule has 1 N–H and O–H groups in total. The molecule has 4 atom stereocenters. The van der Waals surface area contributed by atoms with E-state index in [0.717, 1.165) is 16.8 Å². The lowest BCUT2D eigenvalue weighted by Gasteiger charge is -2.18. The van der Waals surface area contributed by atoms with Crippen molar-refractivity contribution in [2.75, 3.05) is 0 Å². The van der Waals surface area contributed by atoms with Gasteiger partial charge >= 0.3 is 11.7 Å². The number of benzene rings is 1. The van der Waals surface area contributed by atoms with E-state index in [-0.39, 0.29) is 0 Å². The highest BCUT2D eigenvalue weighted by molar-refractivity contribution is 5.89. The van der Waals surface area contributed by atoms with Crippen molar-refractivity contribution in [2.24, 2.45) is 0 Å². The lowest BCUT2D eigenvalue weighted by Crippen LogP contribution is -2.37. The molecule has 0 saturated carbocycles. The maximum Gasteiger partial charge on any atom is 0.338 e. The molecule has 0 unspecified atom stereocenters. The van der Waals surface area contributed by atoms with Crippen molar-refractivity contribution in [1.29, 1.82) is 0 Å². The van der Waals surface area contributed by atoms with E-state index in [1.54, 1.807) is 37.3 Å². The number of hydrogen-bond acceptors (Lipinski definition) is 5. The smallest absolute Gasteiger partial charge is 0.338 e. The van der Waals surface area contributed by atoms with Crippen LogP contribution in [0, 0.1) is 0 Å². The molecule has 25 heavy (non-hydrogen) atoms. The van der Waals surface area contributed by atoms with Gasteiger partial charge in [0, 0.05) is 12.3 Å². The molecule has 7 nitrogen and oxygen atoms in total. The lowest BCUT2D eigenvalue weighted by molar-refractivity contribution is -0.0327. The highest BCUT2D eigenvalue weighted by atomic mass is 19.1.